The molecule has 2 amide bonds. The van der Waals surface area contributed by atoms with Crippen molar-refractivity contribution >= 4 is 46.2 Å². The van der Waals surface area contributed by atoms with Crippen LogP contribution in [0.2, 0.25) is 0 Å². The summed E-state index contributed by atoms with van der Waals surface area (Å²) in [6, 6.07) is 14.4. The molecule has 0 bridgehead atoms. The van der Waals surface area contributed by atoms with E-state index in [1.807, 2.05) is 37.4 Å². The molecule has 0 saturated heterocycles. The third-order valence-corrected chi connectivity index (χ3v) is 6.20. The first-order valence-corrected chi connectivity index (χ1v) is 11.0. The lowest BCUT2D eigenvalue weighted by Gasteiger charge is -2.16. The van der Waals surface area contributed by atoms with Crippen molar-refractivity contribution in [1.29, 1.82) is 0 Å². The lowest BCUT2D eigenvalue weighted by molar-refractivity contribution is -0.119. The summed E-state index contributed by atoms with van der Waals surface area (Å²) in [6.45, 7) is 3.89. The van der Waals surface area contributed by atoms with E-state index < -0.39 is 0 Å². The van der Waals surface area contributed by atoms with Crippen molar-refractivity contribution in [3.05, 3.63) is 75.7 Å². The molecule has 5 nitrogen and oxygen atoms in total. The van der Waals surface area contributed by atoms with E-state index in [0.717, 1.165) is 10.6 Å². The quantitative estimate of drug-likeness (QED) is 0.478. The van der Waals surface area contributed by atoms with Gasteiger partial charge in [-0.1, -0.05) is 6.07 Å². The second-order valence-electron chi connectivity index (χ2n) is 6.66. The van der Waals surface area contributed by atoms with Gasteiger partial charge in [-0.2, -0.15) is 0 Å². The Morgan fingerprint density at radius 1 is 1.07 bits per heavy atom. The Morgan fingerprint density at radius 3 is 2.48 bits per heavy atom. The zero-order chi connectivity index (χ0) is 20.4. The van der Waals surface area contributed by atoms with Gasteiger partial charge >= 0.3 is 0 Å². The van der Waals surface area contributed by atoms with Gasteiger partial charge < -0.3 is 9.15 Å². The predicted octanol–water partition coefficient (Wildman–Crippen LogP) is 5.35. The van der Waals surface area contributed by atoms with E-state index in [1.165, 1.54) is 28.0 Å². The molecule has 0 aliphatic carbocycles. The molecule has 29 heavy (non-hydrogen) atoms. The molecule has 1 aliphatic heterocycles. The average molecular weight is 426 g/mol. The number of benzene rings is 1. The van der Waals surface area contributed by atoms with Gasteiger partial charge in [-0.15, -0.1) is 23.1 Å². The van der Waals surface area contributed by atoms with Gasteiger partial charge in [0.25, 0.3) is 11.8 Å². The molecular formula is C22H19NO4S2. The number of anilines is 1. The largest absolute Gasteiger partial charge is 0.491 e. The summed E-state index contributed by atoms with van der Waals surface area (Å²) in [7, 11) is 0. The lowest BCUT2D eigenvalue weighted by atomic mass is 10.2. The Kier molecular flexibility index (Phi) is 5.60. The van der Waals surface area contributed by atoms with Crippen molar-refractivity contribution in [2.24, 2.45) is 0 Å². The molecule has 0 N–H and O–H groups in total. The van der Waals surface area contributed by atoms with Gasteiger partial charge in [-0.05, 0) is 61.7 Å². The van der Waals surface area contributed by atoms with E-state index in [-0.39, 0.29) is 17.9 Å². The van der Waals surface area contributed by atoms with Crippen LogP contribution in [-0.2, 0) is 15.3 Å². The fraction of sp³-hybridized carbons (Fsp3) is 0.182. The van der Waals surface area contributed by atoms with E-state index in [4.69, 9.17) is 9.15 Å². The number of nitrogens with zero attached hydrogens (tertiary/aromatic N) is 1. The molecule has 0 atom stereocenters. The SMILES string of the molecule is CC(C)Oc1ccc(N2C(=O)C(SCc3ccco3)=C(c3cccs3)C2=O)cc1. The number of hydrogen-bond acceptors (Lipinski definition) is 6. The standard InChI is InChI=1S/C22H19NO4S2/c1-14(2)27-16-9-7-15(8-10-16)23-21(24)19(18-6-4-12-28-18)20(22(23)25)29-13-17-5-3-11-26-17/h3-12,14H,13H2,1-2H3. The van der Waals surface area contributed by atoms with Crippen LogP contribution in [0.3, 0.4) is 0 Å². The molecule has 0 saturated carbocycles. The fourth-order valence-corrected chi connectivity index (χ4v) is 4.84. The van der Waals surface area contributed by atoms with Crippen molar-refractivity contribution in [2.75, 3.05) is 4.90 Å². The van der Waals surface area contributed by atoms with Crippen LogP contribution in [0, 0.1) is 0 Å². The van der Waals surface area contributed by atoms with Crippen LogP contribution in [0.25, 0.3) is 5.57 Å². The first kappa shape index (κ1) is 19.5. The first-order chi connectivity index (χ1) is 14.0. The Bertz CT molecular complexity index is 1040. The van der Waals surface area contributed by atoms with E-state index in [9.17, 15) is 9.59 Å². The molecule has 1 aliphatic rings. The molecule has 0 radical (unpaired) electrons. The maximum atomic E-state index is 13.2. The normalized spacial score (nSPS) is 14.4. The summed E-state index contributed by atoms with van der Waals surface area (Å²) in [5, 5.41) is 1.90. The highest BCUT2D eigenvalue weighted by Gasteiger charge is 2.40. The minimum Gasteiger partial charge on any atom is -0.491 e. The zero-order valence-electron chi connectivity index (χ0n) is 16.0. The number of imide groups is 1. The zero-order valence-corrected chi connectivity index (χ0v) is 17.6. The highest BCUT2D eigenvalue weighted by atomic mass is 32.2. The maximum Gasteiger partial charge on any atom is 0.272 e. The minimum atomic E-state index is -0.313. The average Bonchev–Trinajstić information content (AvgIpc) is 3.43. The van der Waals surface area contributed by atoms with Crippen LogP contribution in [-0.4, -0.2) is 17.9 Å². The smallest absolute Gasteiger partial charge is 0.272 e. The predicted molar refractivity (Wildman–Crippen MR) is 116 cm³/mol. The second kappa shape index (κ2) is 8.31. The lowest BCUT2D eigenvalue weighted by Crippen LogP contribution is -2.31. The van der Waals surface area contributed by atoms with Gasteiger partial charge in [-0.3, -0.25) is 9.59 Å². The van der Waals surface area contributed by atoms with E-state index in [0.29, 0.717) is 27.7 Å². The third-order valence-electron chi connectivity index (χ3n) is 4.21. The van der Waals surface area contributed by atoms with Crippen LogP contribution < -0.4 is 9.64 Å². The number of carbonyl (C=O) groups excluding carboxylic acids is 2. The van der Waals surface area contributed by atoms with Gasteiger partial charge in [0.05, 0.1) is 34.3 Å². The number of amides is 2. The van der Waals surface area contributed by atoms with Crippen LogP contribution in [0.5, 0.6) is 5.75 Å². The van der Waals surface area contributed by atoms with Gasteiger partial charge in [0, 0.05) is 4.88 Å². The molecule has 7 heteroatoms. The fourth-order valence-electron chi connectivity index (χ4n) is 3.00. The number of thioether (sulfide) groups is 1. The highest BCUT2D eigenvalue weighted by Crippen LogP contribution is 2.41. The Balaban J connectivity index is 1.64. The van der Waals surface area contributed by atoms with Crippen molar-refractivity contribution in [3.63, 3.8) is 0 Å². The number of ether oxygens (including phenoxy) is 1. The Labute approximate surface area is 177 Å². The molecule has 0 spiro atoms. The molecule has 0 unspecified atom stereocenters. The van der Waals surface area contributed by atoms with Crippen molar-refractivity contribution in [3.8, 4) is 5.75 Å². The summed E-state index contributed by atoms with van der Waals surface area (Å²) in [5.41, 5.74) is 0.975. The summed E-state index contributed by atoms with van der Waals surface area (Å²) >= 11 is 2.77. The van der Waals surface area contributed by atoms with Crippen molar-refractivity contribution < 1.29 is 18.7 Å². The molecule has 2 aromatic heterocycles. The van der Waals surface area contributed by atoms with Crippen molar-refractivity contribution in [1.82, 2.24) is 0 Å². The topological polar surface area (TPSA) is 59.8 Å². The summed E-state index contributed by atoms with van der Waals surface area (Å²) < 4.78 is 11.0. The molecule has 3 heterocycles. The summed E-state index contributed by atoms with van der Waals surface area (Å²) in [5.74, 6) is 1.30. The van der Waals surface area contributed by atoms with Gasteiger partial charge in [0.2, 0.25) is 0 Å². The van der Waals surface area contributed by atoms with E-state index in [2.05, 4.69) is 0 Å². The van der Waals surface area contributed by atoms with Gasteiger partial charge in [0.1, 0.15) is 11.5 Å². The minimum absolute atomic E-state index is 0.0487. The number of carbonyl (C=O) groups is 2. The van der Waals surface area contributed by atoms with Crippen LogP contribution in [0.1, 0.15) is 24.5 Å². The molecule has 3 aromatic rings. The maximum absolute atomic E-state index is 13.2. The second-order valence-corrected chi connectivity index (χ2v) is 8.59. The number of furan rings is 1. The summed E-state index contributed by atoms with van der Waals surface area (Å²) in [4.78, 5) is 28.9. The van der Waals surface area contributed by atoms with Crippen LogP contribution >= 0.6 is 23.1 Å². The third kappa shape index (κ3) is 4.02. The van der Waals surface area contributed by atoms with Crippen LogP contribution in [0.15, 0.2) is 69.5 Å². The number of rotatable bonds is 7. The summed E-state index contributed by atoms with van der Waals surface area (Å²) in [6.07, 6.45) is 1.65. The van der Waals surface area contributed by atoms with E-state index >= 15 is 0 Å². The number of hydrogen-bond donors (Lipinski definition) is 0. The molecule has 1 aromatic carbocycles. The molecular weight excluding hydrogens is 406 g/mol. The number of thiophene rings is 1. The van der Waals surface area contributed by atoms with E-state index in [1.54, 1.807) is 36.6 Å². The monoisotopic (exact) mass is 425 g/mol. The Hall–Kier alpha value is -2.77. The first-order valence-electron chi connectivity index (χ1n) is 9.13. The van der Waals surface area contributed by atoms with Crippen molar-refractivity contribution in [2.45, 2.75) is 25.7 Å². The van der Waals surface area contributed by atoms with Gasteiger partial charge in [-0.25, -0.2) is 4.90 Å². The molecule has 148 valence electrons. The highest BCUT2D eigenvalue weighted by molar-refractivity contribution is 8.03. The van der Waals surface area contributed by atoms with Gasteiger partial charge in [0.15, 0.2) is 0 Å². The molecule has 4 rings (SSSR count). The van der Waals surface area contributed by atoms with Crippen LogP contribution in [0.4, 0.5) is 5.69 Å². The Morgan fingerprint density at radius 2 is 1.86 bits per heavy atom. The molecule has 0 fully saturated rings.